The lowest BCUT2D eigenvalue weighted by Crippen LogP contribution is -2.29. The van der Waals surface area contributed by atoms with Gasteiger partial charge in [0, 0.05) is 35.8 Å². The van der Waals surface area contributed by atoms with Crippen molar-refractivity contribution in [1.82, 2.24) is 19.5 Å². The van der Waals surface area contributed by atoms with Crippen LogP contribution in [-0.4, -0.2) is 32.5 Å². The number of amides is 1. The van der Waals surface area contributed by atoms with Crippen LogP contribution in [0.5, 0.6) is 17.2 Å². The summed E-state index contributed by atoms with van der Waals surface area (Å²) in [6.07, 6.45) is 3.97. The van der Waals surface area contributed by atoms with E-state index in [1.165, 1.54) is 48.3 Å². The Hall–Kier alpha value is -5.19. The fraction of sp³-hybridized carbons (Fsp3) is 0.0741. The molecule has 0 spiro atoms. The minimum absolute atomic E-state index is 0.104. The minimum Gasteiger partial charge on any atom is -0.495 e. The number of nitrogens with one attached hydrogen (secondary N) is 1. The number of anilines is 1. The Morgan fingerprint density at radius 1 is 0.947 bits per heavy atom. The number of benzene rings is 1. The Bertz CT molecular complexity index is 1740. The number of ether oxygens (including phenoxy) is 2. The molecular formula is C27H19F2N5O4. The second-order valence-electron chi connectivity index (χ2n) is 8.12. The third-order valence-corrected chi connectivity index (χ3v) is 5.62. The normalized spacial score (nSPS) is 10.8. The minimum atomic E-state index is -0.753. The van der Waals surface area contributed by atoms with Gasteiger partial charge in [-0.1, -0.05) is 0 Å². The van der Waals surface area contributed by atoms with Gasteiger partial charge in [0.1, 0.15) is 28.5 Å². The molecule has 4 aromatic heterocycles. The molecule has 1 N–H and O–H groups in total. The zero-order chi connectivity index (χ0) is 26.8. The standard InChI is InChI=1S/C27H19F2N5O4/c1-15-3-6-19(27(36)34(15)24-8-4-16(28)13-31-24)26(35)33-17-5-7-22(20(29)11-17)38-23-9-10-30-21-12-18(37-2)14-32-25(21)23/h3-14H,1-2H3,(H,33,35). The molecule has 5 aromatic rings. The lowest BCUT2D eigenvalue weighted by molar-refractivity contribution is 0.102. The topological polar surface area (TPSA) is 108 Å². The highest BCUT2D eigenvalue weighted by Crippen LogP contribution is 2.31. The van der Waals surface area contributed by atoms with E-state index in [0.717, 1.165) is 18.3 Å². The molecule has 0 aliphatic heterocycles. The van der Waals surface area contributed by atoms with E-state index in [1.54, 1.807) is 25.1 Å². The molecule has 11 heteroatoms. The molecule has 0 unspecified atom stereocenters. The number of hydrogen-bond acceptors (Lipinski definition) is 7. The van der Waals surface area contributed by atoms with Crippen LogP contribution < -0.4 is 20.3 Å². The molecule has 1 aromatic carbocycles. The number of fused-ring (bicyclic) bond motifs is 1. The van der Waals surface area contributed by atoms with Crippen LogP contribution in [0.15, 0.2) is 78.0 Å². The number of aromatic nitrogens is 4. The van der Waals surface area contributed by atoms with Crippen molar-refractivity contribution in [2.24, 2.45) is 0 Å². The van der Waals surface area contributed by atoms with Crippen LogP contribution in [0.1, 0.15) is 16.1 Å². The summed E-state index contributed by atoms with van der Waals surface area (Å²) in [7, 11) is 1.51. The van der Waals surface area contributed by atoms with Gasteiger partial charge in [-0.15, -0.1) is 0 Å². The highest BCUT2D eigenvalue weighted by atomic mass is 19.1. The number of carbonyl (C=O) groups is 1. The van der Waals surface area contributed by atoms with Crippen LogP contribution in [0, 0.1) is 18.6 Å². The van der Waals surface area contributed by atoms with Crippen LogP contribution in [0.4, 0.5) is 14.5 Å². The van der Waals surface area contributed by atoms with Crippen molar-refractivity contribution in [2.45, 2.75) is 6.92 Å². The predicted octanol–water partition coefficient (Wildman–Crippen LogP) is 4.82. The first-order valence-electron chi connectivity index (χ1n) is 11.3. The molecule has 0 bridgehead atoms. The van der Waals surface area contributed by atoms with Crippen molar-refractivity contribution in [3.63, 3.8) is 0 Å². The van der Waals surface area contributed by atoms with Crippen molar-refractivity contribution >= 4 is 22.6 Å². The molecule has 190 valence electrons. The van der Waals surface area contributed by atoms with Gasteiger partial charge in [-0.05, 0) is 43.3 Å². The maximum atomic E-state index is 14.9. The van der Waals surface area contributed by atoms with Gasteiger partial charge in [0.05, 0.1) is 25.0 Å². The van der Waals surface area contributed by atoms with E-state index < -0.39 is 23.1 Å². The SMILES string of the molecule is COc1cnc2c(Oc3ccc(NC(=O)c4ccc(C)n(-c5ccc(F)cn5)c4=O)cc3F)ccnc2c1. The summed E-state index contributed by atoms with van der Waals surface area (Å²) in [5, 5.41) is 2.52. The Morgan fingerprint density at radius 3 is 2.53 bits per heavy atom. The van der Waals surface area contributed by atoms with E-state index >= 15 is 0 Å². The maximum absolute atomic E-state index is 14.9. The summed E-state index contributed by atoms with van der Waals surface area (Å²) < 4.78 is 40.3. The molecule has 9 nitrogen and oxygen atoms in total. The smallest absolute Gasteiger partial charge is 0.269 e. The number of rotatable bonds is 6. The van der Waals surface area contributed by atoms with E-state index in [-0.39, 0.29) is 28.6 Å². The van der Waals surface area contributed by atoms with Crippen LogP contribution in [0.25, 0.3) is 16.9 Å². The van der Waals surface area contributed by atoms with Crippen molar-refractivity contribution in [1.29, 1.82) is 0 Å². The highest BCUT2D eigenvalue weighted by molar-refractivity contribution is 6.04. The van der Waals surface area contributed by atoms with E-state index in [0.29, 0.717) is 22.5 Å². The van der Waals surface area contributed by atoms with Gasteiger partial charge < -0.3 is 14.8 Å². The highest BCUT2D eigenvalue weighted by Gasteiger charge is 2.17. The molecule has 0 aliphatic rings. The quantitative estimate of drug-likeness (QED) is 0.346. The number of carbonyl (C=O) groups excluding carboxylic acids is 1. The van der Waals surface area contributed by atoms with Crippen LogP contribution >= 0.6 is 0 Å². The predicted molar refractivity (Wildman–Crippen MR) is 135 cm³/mol. The average molecular weight is 515 g/mol. The molecule has 4 heterocycles. The summed E-state index contributed by atoms with van der Waals surface area (Å²) in [5.41, 5.74) is 0.661. The summed E-state index contributed by atoms with van der Waals surface area (Å²) in [5.74, 6) is -1.21. The number of pyridine rings is 4. The number of hydrogen-bond donors (Lipinski definition) is 1. The molecule has 5 rings (SSSR count). The van der Waals surface area contributed by atoms with Gasteiger partial charge in [-0.2, -0.15) is 0 Å². The van der Waals surface area contributed by atoms with Crippen LogP contribution in [-0.2, 0) is 0 Å². The summed E-state index contributed by atoms with van der Waals surface area (Å²) in [6.45, 7) is 1.65. The van der Waals surface area contributed by atoms with E-state index in [1.807, 2.05) is 0 Å². The monoisotopic (exact) mass is 515 g/mol. The number of halogens is 2. The van der Waals surface area contributed by atoms with E-state index in [4.69, 9.17) is 9.47 Å². The lowest BCUT2D eigenvalue weighted by atomic mass is 10.2. The third kappa shape index (κ3) is 4.76. The molecular weight excluding hydrogens is 496 g/mol. The molecule has 0 saturated carbocycles. The van der Waals surface area contributed by atoms with Crippen molar-refractivity contribution in [3.05, 3.63) is 106 Å². The zero-order valence-electron chi connectivity index (χ0n) is 20.1. The van der Waals surface area contributed by atoms with Gasteiger partial charge in [0.2, 0.25) is 0 Å². The number of methoxy groups -OCH3 is 1. The fourth-order valence-corrected chi connectivity index (χ4v) is 3.75. The Labute approximate surface area is 214 Å². The second kappa shape index (κ2) is 10.1. The molecule has 0 saturated heterocycles. The van der Waals surface area contributed by atoms with Crippen molar-refractivity contribution in [2.75, 3.05) is 12.4 Å². The fourth-order valence-electron chi connectivity index (χ4n) is 3.75. The zero-order valence-corrected chi connectivity index (χ0v) is 20.1. The largest absolute Gasteiger partial charge is 0.495 e. The maximum Gasteiger partial charge on any atom is 0.269 e. The van der Waals surface area contributed by atoms with Gasteiger partial charge >= 0.3 is 0 Å². The Morgan fingerprint density at radius 2 is 1.79 bits per heavy atom. The van der Waals surface area contributed by atoms with Gasteiger partial charge in [0.25, 0.3) is 11.5 Å². The molecule has 38 heavy (non-hydrogen) atoms. The van der Waals surface area contributed by atoms with Crippen molar-refractivity contribution in [3.8, 4) is 23.1 Å². The van der Waals surface area contributed by atoms with E-state index in [9.17, 15) is 18.4 Å². The van der Waals surface area contributed by atoms with Gasteiger partial charge in [-0.3, -0.25) is 19.1 Å². The molecule has 1 amide bonds. The summed E-state index contributed by atoms with van der Waals surface area (Å²) >= 11 is 0. The first-order chi connectivity index (χ1) is 18.3. The second-order valence-corrected chi connectivity index (χ2v) is 8.12. The first-order valence-corrected chi connectivity index (χ1v) is 11.3. The van der Waals surface area contributed by atoms with Crippen molar-refractivity contribution < 1.29 is 23.0 Å². The van der Waals surface area contributed by atoms with Gasteiger partial charge in [0.15, 0.2) is 17.3 Å². The number of aryl methyl sites for hydroxylation is 1. The Balaban J connectivity index is 1.38. The summed E-state index contributed by atoms with van der Waals surface area (Å²) in [6, 6.07) is 12.5. The Kier molecular flexibility index (Phi) is 6.48. The summed E-state index contributed by atoms with van der Waals surface area (Å²) in [4.78, 5) is 38.3. The molecule has 0 fully saturated rings. The third-order valence-electron chi connectivity index (χ3n) is 5.62. The van der Waals surface area contributed by atoms with Crippen LogP contribution in [0.3, 0.4) is 0 Å². The lowest BCUT2D eigenvalue weighted by Gasteiger charge is -2.12. The van der Waals surface area contributed by atoms with Crippen LogP contribution in [0.2, 0.25) is 0 Å². The van der Waals surface area contributed by atoms with Gasteiger partial charge in [-0.25, -0.2) is 18.7 Å². The average Bonchev–Trinajstić information content (AvgIpc) is 2.91. The number of nitrogens with zero attached hydrogens (tertiary/aromatic N) is 4. The first kappa shape index (κ1) is 24.5. The molecule has 0 radical (unpaired) electrons. The molecule has 0 atom stereocenters. The van der Waals surface area contributed by atoms with E-state index in [2.05, 4.69) is 20.3 Å². The molecule has 0 aliphatic carbocycles.